The summed E-state index contributed by atoms with van der Waals surface area (Å²) in [5.41, 5.74) is 1.14. The second-order valence-corrected chi connectivity index (χ2v) is 3.60. The van der Waals surface area contributed by atoms with Crippen LogP contribution >= 0.6 is 0 Å². The number of rotatable bonds is 0. The summed E-state index contributed by atoms with van der Waals surface area (Å²) in [5, 5.41) is 13.1. The van der Waals surface area contributed by atoms with Crippen LogP contribution in [0.2, 0.25) is 0 Å². The SMILES string of the molecule is O=[n+]1cccc2c3cccn([O-])c3ccc21. The summed E-state index contributed by atoms with van der Waals surface area (Å²) in [7, 11) is 0. The molecule has 0 aliphatic rings. The van der Waals surface area contributed by atoms with Gasteiger partial charge >= 0.3 is 0 Å². The van der Waals surface area contributed by atoms with Gasteiger partial charge in [0, 0.05) is 27.9 Å². The van der Waals surface area contributed by atoms with E-state index in [2.05, 4.69) is 0 Å². The summed E-state index contributed by atoms with van der Waals surface area (Å²) >= 11 is 0. The first-order valence-corrected chi connectivity index (χ1v) is 4.90. The van der Waals surface area contributed by atoms with Gasteiger partial charge in [0.1, 0.15) is 0 Å². The summed E-state index contributed by atoms with van der Waals surface area (Å²) in [6.45, 7) is 0. The second-order valence-electron chi connectivity index (χ2n) is 3.60. The monoisotopic (exact) mass is 212 g/mol. The Labute approximate surface area is 90.5 Å². The third kappa shape index (κ3) is 1.10. The van der Waals surface area contributed by atoms with E-state index in [0.717, 1.165) is 19.9 Å². The van der Waals surface area contributed by atoms with E-state index < -0.39 is 0 Å². The van der Waals surface area contributed by atoms with Crippen LogP contribution in [0.25, 0.3) is 21.8 Å². The van der Waals surface area contributed by atoms with Crippen LogP contribution in [0.5, 0.6) is 0 Å². The molecule has 0 aliphatic heterocycles. The molecule has 78 valence electrons. The largest absolute Gasteiger partial charge is 0.806 e. The maximum absolute atomic E-state index is 11.5. The standard InChI is InChI=1S/C12H8N2O2/c15-13-7-1-3-9-10-4-2-8-14(16)12(10)6-5-11(9)13/h1-8H. The van der Waals surface area contributed by atoms with Gasteiger partial charge in [-0.1, -0.05) is 6.07 Å². The predicted molar refractivity (Wildman–Crippen MR) is 61.6 cm³/mol. The van der Waals surface area contributed by atoms with Crippen LogP contribution < -0.4 is 4.43 Å². The van der Waals surface area contributed by atoms with Crippen LogP contribution in [0.4, 0.5) is 0 Å². The van der Waals surface area contributed by atoms with Crippen molar-refractivity contribution in [1.29, 1.82) is 0 Å². The third-order valence-electron chi connectivity index (χ3n) is 2.68. The van der Waals surface area contributed by atoms with Crippen LogP contribution in [-0.4, -0.2) is 4.73 Å². The van der Waals surface area contributed by atoms with E-state index in [9.17, 15) is 10.1 Å². The van der Waals surface area contributed by atoms with Crippen molar-refractivity contribution in [2.75, 3.05) is 0 Å². The maximum atomic E-state index is 11.5. The molecule has 0 fully saturated rings. The van der Waals surface area contributed by atoms with E-state index in [1.54, 1.807) is 24.3 Å². The molecule has 0 amide bonds. The lowest BCUT2D eigenvalue weighted by molar-refractivity contribution is -0.463. The second kappa shape index (κ2) is 3.06. The van der Waals surface area contributed by atoms with Crippen LogP contribution in [0.3, 0.4) is 0 Å². The van der Waals surface area contributed by atoms with E-state index in [1.165, 1.54) is 12.4 Å². The molecule has 16 heavy (non-hydrogen) atoms. The normalized spacial score (nSPS) is 11.0. The van der Waals surface area contributed by atoms with E-state index >= 15 is 0 Å². The number of hydrogen-bond acceptors (Lipinski definition) is 2. The highest BCUT2D eigenvalue weighted by Gasteiger charge is 2.08. The van der Waals surface area contributed by atoms with Crippen molar-refractivity contribution < 1.29 is 4.43 Å². The molecule has 0 unspecified atom stereocenters. The molecule has 0 N–H and O–H groups in total. The topological polar surface area (TPSA) is 51.0 Å². The molecule has 1 aromatic carbocycles. The zero-order valence-electron chi connectivity index (χ0n) is 8.33. The van der Waals surface area contributed by atoms with Crippen molar-refractivity contribution in [3.05, 3.63) is 58.9 Å². The Kier molecular flexibility index (Phi) is 1.71. The molecule has 2 heterocycles. The first-order chi connectivity index (χ1) is 7.77. The highest BCUT2D eigenvalue weighted by molar-refractivity contribution is 6.03. The fourth-order valence-corrected chi connectivity index (χ4v) is 1.94. The van der Waals surface area contributed by atoms with Gasteiger partial charge in [-0.15, -0.1) is 0 Å². The number of hydrogen-bond donors (Lipinski definition) is 0. The van der Waals surface area contributed by atoms with Gasteiger partial charge < -0.3 is 9.94 Å². The molecule has 0 radical (unpaired) electrons. The minimum atomic E-state index is 0.571. The van der Waals surface area contributed by atoms with Crippen LogP contribution in [0.1, 0.15) is 0 Å². The van der Waals surface area contributed by atoms with Gasteiger partial charge in [0.05, 0.1) is 9.81 Å². The molecule has 4 heteroatoms. The molecular weight excluding hydrogens is 204 g/mol. The summed E-state index contributed by atoms with van der Waals surface area (Å²) in [4.78, 5) is 11.5. The Morgan fingerprint density at radius 2 is 1.88 bits per heavy atom. The van der Waals surface area contributed by atoms with Gasteiger partial charge in [0.25, 0.3) is 5.52 Å². The number of aromatic nitrogens is 2. The van der Waals surface area contributed by atoms with Gasteiger partial charge in [0.2, 0.25) is 6.20 Å². The predicted octanol–water partition coefficient (Wildman–Crippen LogP) is 2.05. The molecule has 2 aromatic heterocycles. The number of benzene rings is 1. The van der Waals surface area contributed by atoms with E-state index in [4.69, 9.17) is 0 Å². The van der Waals surface area contributed by atoms with Crippen LogP contribution in [0.15, 0.2) is 48.8 Å². The Morgan fingerprint density at radius 3 is 2.75 bits per heavy atom. The molecule has 3 rings (SSSR count). The summed E-state index contributed by atoms with van der Waals surface area (Å²) in [6.07, 6.45) is 2.89. The van der Waals surface area contributed by atoms with Crippen molar-refractivity contribution in [1.82, 2.24) is 4.73 Å². The van der Waals surface area contributed by atoms with E-state index in [-0.39, 0.29) is 0 Å². The van der Waals surface area contributed by atoms with Crippen molar-refractivity contribution in [2.24, 2.45) is 0 Å². The van der Waals surface area contributed by atoms with Crippen LogP contribution in [-0.2, 0) is 0 Å². The maximum Gasteiger partial charge on any atom is 0.270 e. The zero-order chi connectivity index (χ0) is 11.1. The summed E-state index contributed by atoms with van der Waals surface area (Å²) < 4.78 is 1.60. The molecule has 0 atom stereocenters. The summed E-state index contributed by atoms with van der Waals surface area (Å²) in [6, 6.07) is 10.4. The van der Waals surface area contributed by atoms with Gasteiger partial charge in [0.15, 0.2) is 0 Å². The highest BCUT2D eigenvalue weighted by Crippen LogP contribution is 2.22. The Balaban J connectivity index is 2.66. The molecule has 0 spiro atoms. The Hall–Kier alpha value is -2.36. The lowest BCUT2D eigenvalue weighted by Gasteiger charge is -2.13. The smallest absolute Gasteiger partial charge is 0.270 e. The molecule has 0 saturated heterocycles. The average molecular weight is 212 g/mol. The van der Waals surface area contributed by atoms with E-state index in [0.29, 0.717) is 11.0 Å². The van der Waals surface area contributed by atoms with Gasteiger partial charge in [-0.25, -0.2) is 0 Å². The minimum absolute atomic E-state index is 0.571. The quantitative estimate of drug-likeness (QED) is 0.423. The first kappa shape index (κ1) is 8.91. The molecular formula is C12H8N2O2. The molecule has 0 bridgehead atoms. The molecule has 0 saturated carbocycles. The lowest BCUT2D eigenvalue weighted by atomic mass is 10.1. The number of pyridine rings is 2. The van der Waals surface area contributed by atoms with Gasteiger partial charge in [-0.3, -0.25) is 0 Å². The fourth-order valence-electron chi connectivity index (χ4n) is 1.94. The Bertz CT molecular complexity index is 747. The number of nitrogens with zero attached hydrogens (tertiary/aromatic N) is 2. The molecule has 4 nitrogen and oxygen atoms in total. The number of fused-ring (bicyclic) bond motifs is 3. The fraction of sp³-hybridized carbons (Fsp3) is 0. The summed E-state index contributed by atoms with van der Waals surface area (Å²) in [5.74, 6) is 0. The van der Waals surface area contributed by atoms with Crippen molar-refractivity contribution in [3.8, 4) is 0 Å². The van der Waals surface area contributed by atoms with Crippen molar-refractivity contribution in [2.45, 2.75) is 0 Å². The van der Waals surface area contributed by atoms with Gasteiger partial charge in [-0.2, -0.15) is 0 Å². The van der Waals surface area contributed by atoms with Crippen molar-refractivity contribution >= 4 is 21.8 Å². The Morgan fingerprint density at radius 1 is 1.06 bits per heavy atom. The highest BCUT2D eigenvalue weighted by atomic mass is 16.5. The zero-order valence-corrected chi connectivity index (χ0v) is 8.33. The lowest BCUT2D eigenvalue weighted by Crippen LogP contribution is -2.13. The first-order valence-electron chi connectivity index (χ1n) is 4.90. The average Bonchev–Trinajstić information content (AvgIpc) is 2.30. The van der Waals surface area contributed by atoms with E-state index in [1.807, 2.05) is 12.1 Å². The molecule has 0 aliphatic carbocycles. The van der Waals surface area contributed by atoms with Crippen molar-refractivity contribution in [3.63, 3.8) is 0 Å². The van der Waals surface area contributed by atoms with Crippen LogP contribution in [0, 0.1) is 10.1 Å². The third-order valence-corrected chi connectivity index (χ3v) is 2.68. The molecule has 3 aromatic rings. The van der Waals surface area contributed by atoms with Gasteiger partial charge in [-0.05, 0) is 24.4 Å². The minimum Gasteiger partial charge on any atom is -0.806 e.